The van der Waals surface area contributed by atoms with Gasteiger partial charge >= 0.3 is 0 Å². The third kappa shape index (κ3) is 5.17. The van der Waals surface area contributed by atoms with E-state index in [9.17, 15) is 9.59 Å². The number of anilines is 2. The van der Waals surface area contributed by atoms with Gasteiger partial charge in [0.1, 0.15) is 11.9 Å². The summed E-state index contributed by atoms with van der Waals surface area (Å²) in [5.41, 5.74) is 2.38. The van der Waals surface area contributed by atoms with Gasteiger partial charge in [-0.05, 0) is 62.2 Å². The summed E-state index contributed by atoms with van der Waals surface area (Å²) in [6, 6.07) is 15.0. The first kappa shape index (κ1) is 21.2. The lowest BCUT2D eigenvalue weighted by Gasteiger charge is -2.37. The Morgan fingerprint density at radius 1 is 1.10 bits per heavy atom. The van der Waals surface area contributed by atoms with Gasteiger partial charge in [0.05, 0.1) is 6.61 Å². The molecule has 1 atom stereocenters. The van der Waals surface area contributed by atoms with E-state index in [1.54, 1.807) is 12.1 Å². The van der Waals surface area contributed by atoms with Crippen molar-refractivity contribution in [2.75, 3.05) is 49.6 Å². The molecular weight excluding hydrogens is 394 g/mol. The summed E-state index contributed by atoms with van der Waals surface area (Å²) in [5, 5.41) is 2.93. The first-order valence-electron chi connectivity index (χ1n) is 10.9. The van der Waals surface area contributed by atoms with Crippen molar-refractivity contribution in [2.45, 2.75) is 25.9 Å². The van der Waals surface area contributed by atoms with E-state index < -0.39 is 0 Å². The van der Waals surface area contributed by atoms with Crippen molar-refractivity contribution in [2.24, 2.45) is 0 Å². The summed E-state index contributed by atoms with van der Waals surface area (Å²) < 4.78 is 11.0. The molecule has 7 nitrogen and oxygen atoms in total. The quantitative estimate of drug-likeness (QED) is 0.773. The summed E-state index contributed by atoms with van der Waals surface area (Å²) >= 11 is 0. The fourth-order valence-electron chi connectivity index (χ4n) is 4.01. The number of nitrogens with zero attached hydrogens (tertiary/aromatic N) is 2. The summed E-state index contributed by atoms with van der Waals surface area (Å²) in [4.78, 5) is 29.2. The molecule has 7 heteroatoms. The summed E-state index contributed by atoms with van der Waals surface area (Å²) in [5.74, 6) is 0.641. The maximum atomic E-state index is 12.5. The fraction of sp³-hybridized carbons (Fsp3) is 0.417. The van der Waals surface area contributed by atoms with Gasteiger partial charge in [0.15, 0.2) is 0 Å². The number of carbonyl (C=O) groups is 2. The Balaban J connectivity index is 1.31. The monoisotopic (exact) mass is 423 g/mol. The maximum Gasteiger partial charge on any atom is 0.255 e. The van der Waals surface area contributed by atoms with E-state index >= 15 is 0 Å². The predicted molar refractivity (Wildman–Crippen MR) is 120 cm³/mol. The topological polar surface area (TPSA) is 71.1 Å². The van der Waals surface area contributed by atoms with E-state index in [4.69, 9.17) is 9.47 Å². The van der Waals surface area contributed by atoms with Gasteiger partial charge in [-0.1, -0.05) is 6.07 Å². The highest BCUT2D eigenvalue weighted by atomic mass is 16.5. The first-order chi connectivity index (χ1) is 15.1. The smallest absolute Gasteiger partial charge is 0.255 e. The van der Waals surface area contributed by atoms with Crippen LogP contribution in [0.3, 0.4) is 0 Å². The molecule has 2 fully saturated rings. The van der Waals surface area contributed by atoms with Gasteiger partial charge in [-0.15, -0.1) is 0 Å². The molecule has 2 aliphatic heterocycles. The van der Waals surface area contributed by atoms with Gasteiger partial charge in [0.2, 0.25) is 0 Å². The van der Waals surface area contributed by atoms with Crippen LogP contribution in [-0.2, 0) is 9.53 Å². The van der Waals surface area contributed by atoms with Crippen molar-refractivity contribution in [3.8, 4) is 5.75 Å². The Hall–Kier alpha value is -3.06. The number of amides is 2. The number of rotatable bonds is 6. The molecule has 2 heterocycles. The molecule has 0 aromatic heterocycles. The number of hydrogen-bond acceptors (Lipinski definition) is 5. The van der Waals surface area contributed by atoms with E-state index in [0.29, 0.717) is 37.6 Å². The molecule has 0 radical (unpaired) electrons. The van der Waals surface area contributed by atoms with Crippen LogP contribution in [0.1, 0.15) is 30.1 Å². The van der Waals surface area contributed by atoms with Crippen LogP contribution < -0.4 is 15.0 Å². The third-order valence-electron chi connectivity index (χ3n) is 5.69. The van der Waals surface area contributed by atoms with E-state index in [2.05, 4.69) is 10.2 Å². The van der Waals surface area contributed by atoms with Gasteiger partial charge in [-0.2, -0.15) is 0 Å². The second-order valence-corrected chi connectivity index (χ2v) is 7.78. The second-order valence-electron chi connectivity index (χ2n) is 7.78. The Bertz CT molecular complexity index is 901. The fourth-order valence-corrected chi connectivity index (χ4v) is 4.01. The number of piperazine rings is 1. The minimum Gasteiger partial charge on any atom is -0.494 e. The van der Waals surface area contributed by atoms with Crippen LogP contribution in [-0.4, -0.2) is 62.2 Å². The predicted octanol–water partition coefficient (Wildman–Crippen LogP) is 3.17. The molecule has 2 aromatic rings. The Labute approximate surface area is 182 Å². The maximum absolute atomic E-state index is 12.5. The van der Waals surface area contributed by atoms with Gasteiger partial charge < -0.3 is 24.6 Å². The second kappa shape index (κ2) is 9.83. The summed E-state index contributed by atoms with van der Waals surface area (Å²) in [7, 11) is 0. The molecule has 164 valence electrons. The lowest BCUT2D eigenvalue weighted by Crippen LogP contribution is -2.51. The minimum atomic E-state index is -0.247. The largest absolute Gasteiger partial charge is 0.494 e. The normalized spacial score (nSPS) is 18.7. The van der Waals surface area contributed by atoms with Crippen LogP contribution in [0.2, 0.25) is 0 Å². The van der Waals surface area contributed by atoms with E-state index in [1.165, 1.54) is 0 Å². The van der Waals surface area contributed by atoms with Crippen LogP contribution in [0.5, 0.6) is 5.75 Å². The minimum absolute atomic E-state index is 0.128. The summed E-state index contributed by atoms with van der Waals surface area (Å²) in [6.45, 7) is 6.14. The van der Waals surface area contributed by atoms with Gasteiger partial charge in [0, 0.05) is 49.7 Å². The van der Waals surface area contributed by atoms with Crippen molar-refractivity contribution in [3.05, 3.63) is 54.1 Å². The molecule has 0 unspecified atom stereocenters. The molecule has 2 saturated heterocycles. The Morgan fingerprint density at radius 3 is 2.55 bits per heavy atom. The van der Waals surface area contributed by atoms with Crippen LogP contribution in [0.4, 0.5) is 11.4 Å². The molecule has 2 aromatic carbocycles. The van der Waals surface area contributed by atoms with Crippen molar-refractivity contribution < 1.29 is 19.1 Å². The number of nitrogens with one attached hydrogen (secondary N) is 1. The van der Waals surface area contributed by atoms with Gasteiger partial charge in [-0.25, -0.2) is 0 Å². The highest BCUT2D eigenvalue weighted by Gasteiger charge is 2.30. The number of benzene rings is 2. The van der Waals surface area contributed by atoms with Gasteiger partial charge in [0.25, 0.3) is 11.8 Å². The van der Waals surface area contributed by atoms with Crippen molar-refractivity contribution in [1.82, 2.24) is 4.90 Å². The third-order valence-corrected chi connectivity index (χ3v) is 5.69. The summed E-state index contributed by atoms with van der Waals surface area (Å²) in [6.07, 6.45) is 1.56. The molecule has 0 spiro atoms. The molecule has 2 aliphatic rings. The van der Waals surface area contributed by atoms with E-state index in [1.807, 2.05) is 48.2 Å². The number of hydrogen-bond donors (Lipinski definition) is 1. The SMILES string of the molecule is CCOc1cccc(C(=O)Nc2ccc(N3CCN(C(=O)[C@@H]4CCCO4)CC3)cc2)c1. The van der Waals surface area contributed by atoms with Crippen molar-refractivity contribution in [1.29, 1.82) is 0 Å². The molecule has 1 N–H and O–H groups in total. The highest BCUT2D eigenvalue weighted by Crippen LogP contribution is 2.22. The molecular formula is C24H29N3O4. The average Bonchev–Trinajstić information content (AvgIpc) is 3.35. The Kier molecular flexibility index (Phi) is 6.72. The van der Waals surface area contributed by atoms with Crippen molar-refractivity contribution in [3.63, 3.8) is 0 Å². The van der Waals surface area contributed by atoms with Crippen molar-refractivity contribution >= 4 is 23.2 Å². The van der Waals surface area contributed by atoms with Crippen LogP contribution >= 0.6 is 0 Å². The molecule has 0 bridgehead atoms. The number of carbonyl (C=O) groups excluding carboxylic acids is 2. The van der Waals surface area contributed by atoms with Crippen LogP contribution in [0.25, 0.3) is 0 Å². The Morgan fingerprint density at radius 2 is 1.87 bits per heavy atom. The molecule has 4 rings (SSSR count). The number of ether oxygens (including phenoxy) is 2. The highest BCUT2D eigenvalue weighted by molar-refractivity contribution is 6.04. The lowest BCUT2D eigenvalue weighted by atomic mass is 10.1. The van der Waals surface area contributed by atoms with E-state index in [0.717, 1.165) is 37.3 Å². The molecule has 31 heavy (non-hydrogen) atoms. The zero-order chi connectivity index (χ0) is 21.6. The molecule has 0 saturated carbocycles. The molecule has 2 amide bonds. The van der Waals surface area contributed by atoms with E-state index in [-0.39, 0.29) is 17.9 Å². The lowest BCUT2D eigenvalue weighted by molar-refractivity contribution is -0.141. The van der Waals surface area contributed by atoms with Crippen LogP contribution in [0, 0.1) is 0 Å². The standard InChI is InChI=1S/C24H29N3O4/c1-2-30-21-6-3-5-18(17-21)23(28)25-19-8-10-20(11-9-19)26-12-14-27(15-13-26)24(29)22-7-4-16-31-22/h3,5-6,8-11,17,22H,2,4,7,12-16H2,1H3,(H,25,28)/t22-/m0/s1. The average molecular weight is 424 g/mol. The molecule has 0 aliphatic carbocycles. The van der Waals surface area contributed by atoms with Crippen LogP contribution in [0.15, 0.2) is 48.5 Å². The zero-order valence-corrected chi connectivity index (χ0v) is 17.9. The first-order valence-corrected chi connectivity index (χ1v) is 10.9. The van der Waals surface area contributed by atoms with Gasteiger partial charge in [-0.3, -0.25) is 9.59 Å². The zero-order valence-electron chi connectivity index (χ0n) is 17.9.